The molecule has 0 spiro atoms. The number of benzene rings is 1. The third kappa shape index (κ3) is 25.3. The molecule has 9 heteroatoms. The molecule has 45 heavy (non-hydrogen) atoms. The summed E-state index contributed by atoms with van der Waals surface area (Å²) in [6.45, 7) is 17.7. The second kappa shape index (κ2) is 28.7. The van der Waals surface area contributed by atoms with Crippen LogP contribution in [0.25, 0.3) is 0 Å². The summed E-state index contributed by atoms with van der Waals surface area (Å²) in [4.78, 5) is 13.2. The molecule has 0 aromatic heterocycles. The second-order valence-electron chi connectivity index (χ2n) is 12.2. The number of rotatable bonds is 22. The van der Waals surface area contributed by atoms with E-state index < -0.39 is 10.4 Å². The van der Waals surface area contributed by atoms with Crippen molar-refractivity contribution in [3.8, 4) is 0 Å². The number of quaternary nitrogens is 1. The standard InChI is InChI=1S/C22H46NO.C12H17NO.C2H6O4S/c1-3-5-6-7-8-9-10-11-12-13-14-15-16-17-18-23(4-2)19-21-24-22-20-23;1-3-4-10-13(11(2)14)12-8-6-5-7-9-12;1-2-6-7(3,4)5/h3-22H2,1-2H3;5-9H,3-4,10H2,1-2H3;2H2,1H3,(H,3,4,5)/q+1;;/p-1. The van der Waals surface area contributed by atoms with E-state index in [9.17, 15) is 17.8 Å². The molecule has 1 aromatic rings. The van der Waals surface area contributed by atoms with Crippen LogP contribution in [0.4, 0.5) is 5.69 Å². The largest absolute Gasteiger partial charge is 0.726 e. The Labute approximate surface area is 277 Å². The first-order chi connectivity index (χ1) is 21.6. The fourth-order valence-electron chi connectivity index (χ4n) is 5.61. The molecule has 1 fully saturated rings. The van der Waals surface area contributed by atoms with E-state index in [-0.39, 0.29) is 12.5 Å². The van der Waals surface area contributed by atoms with Gasteiger partial charge in [-0.15, -0.1) is 0 Å². The van der Waals surface area contributed by atoms with E-state index in [1.165, 1.54) is 127 Å². The minimum Gasteiger partial charge on any atom is -0.726 e. The van der Waals surface area contributed by atoms with Gasteiger partial charge in [0, 0.05) is 19.2 Å². The maximum atomic E-state index is 11.4. The summed E-state index contributed by atoms with van der Waals surface area (Å²) < 4.78 is 38.9. The van der Waals surface area contributed by atoms with Gasteiger partial charge in [0.05, 0.1) is 32.9 Å². The Bertz CT molecular complexity index is 907. The van der Waals surface area contributed by atoms with Crippen LogP contribution in [0.1, 0.15) is 137 Å². The van der Waals surface area contributed by atoms with Crippen molar-refractivity contribution in [2.45, 2.75) is 137 Å². The lowest BCUT2D eigenvalue weighted by Crippen LogP contribution is -2.55. The van der Waals surface area contributed by atoms with Crippen molar-refractivity contribution in [2.75, 3.05) is 57.4 Å². The fourth-order valence-corrected chi connectivity index (χ4v) is 5.90. The lowest BCUT2D eigenvalue weighted by atomic mass is 10.0. The molecule has 8 nitrogen and oxygen atoms in total. The average Bonchev–Trinajstić information content (AvgIpc) is 3.02. The Hall–Kier alpha value is -1.52. The zero-order valence-electron chi connectivity index (χ0n) is 29.6. The summed E-state index contributed by atoms with van der Waals surface area (Å²) in [5, 5.41) is 0. The summed E-state index contributed by atoms with van der Waals surface area (Å²) in [5.74, 6) is 0.115. The Morgan fingerprint density at radius 1 is 0.778 bits per heavy atom. The van der Waals surface area contributed by atoms with Crippen molar-refractivity contribution in [2.24, 2.45) is 0 Å². The molecule has 0 radical (unpaired) electrons. The van der Waals surface area contributed by atoms with E-state index in [1.807, 2.05) is 35.2 Å². The molecule has 1 aliphatic heterocycles. The number of anilines is 1. The maximum absolute atomic E-state index is 11.4. The zero-order valence-corrected chi connectivity index (χ0v) is 30.4. The van der Waals surface area contributed by atoms with Gasteiger partial charge in [-0.05, 0) is 45.2 Å². The number of amides is 1. The molecule has 1 saturated heterocycles. The van der Waals surface area contributed by atoms with E-state index in [4.69, 9.17) is 4.74 Å². The van der Waals surface area contributed by atoms with Crippen molar-refractivity contribution in [3.63, 3.8) is 0 Å². The highest BCUT2D eigenvalue weighted by atomic mass is 32.3. The maximum Gasteiger partial charge on any atom is 0.223 e. The first kappa shape index (κ1) is 43.5. The number of carbonyl (C=O) groups is 1. The first-order valence-electron chi connectivity index (χ1n) is 18.0. The van der Waals surface area contributed by atoms with Crippen LogP contribution in [-0.4, -0.2) is 75.9 Å². The van der Waals surface area contributed by atoms with E-state index in [2.05, 4.69) is 25.0 Å². The number of carbonyl (C=O) groups excluding carboxylic acids is 1. The summed E-state index contributed by atoms with van der Waals surface area (Å²) in [6, 6.07) is 9.81. The van der Waals surface area contributed by atoms with Crippen LogP contribution in [0.15, 0.2) is 30.3 Å². The first-order valence-corrected chi connectivity index (χ1v) is 19.3. The number of ether oxygens (including phenoxy) is 1. The molecule has 0 saturated carbocycles. The van der Waals surface area contributed by atoms with Gasteiger partial charge in [-0.1, -0.05) is 116 Å². The second-order valence-corrected chi connectivity index (χ2v) is 13.3. The number of morpholine rings is 1. The Morgan fingerprint density at radius 2 is 1.24 bits per heavy atom. The lowest BCUT2D eigenvalue weighted by molar-refractivity contribution is -0.933. The third-order valence-electron chi connectivity index (χ3n) is 8.52. The number of hydrogen-bond donors (Lipinski definition) is 0. The molecule has 1 amide bonds. The van der Waals surface area contributed by atoms with Crippen LogP contribution in [0.2, 0.25) is 0 Å². The Kier molecular flexibility index (Phi) is 27.7. The van der Waals surface area contributed by atoms with Crippen LogP contribution in [0.5, 0.6) is 0 Å². The van der Waals surface area contributed by atoms with Crippen molar-refractivity contribution in [3.05, 3.63) is 30.3 Å². The SMILES string of the molecule is CCCCCCCCCCCCCCCC[N+]1(CC)CCOCC1.CCCCN(C(C)=O)c1ccccc1.CCOS(=O)(=O)[O-]. The summed E-state index contributed by atoms with van der Waals surface area (Å²) in [6.07, 6.45) is 22.5. The normalized spacial score (nSPS) is 14.1. The minimum atomic E-state index is -4.42. The molecule has 2 rings (SSSR count). The van der Waals surface area contributed by atoms with E-state index in [0.29, 0.717) is 0 Å². The highest BCUT2D eigenvalue weighted by Crippen LogP contribution is 2.17. The monoisotopic (exact) mass is 656 g/mol. The van der Waals surface area contributed by atoms with Gasteiger partial charge in [0.25, 0.3) is 0 Å². The molecule has 1 aromatic carbocycles. The van der Waals surface area contributed by atoms with Crippen LogP contribution in [-0.2, 0) is 24.1 Å². The molecule has 1 aliphatic rings. The number of nitrogens with zero attached hydrogens (tertiary/aromatic N) is 2. The van der Waals surface area contributed by atoms with Crippen molar-refractivity contribution in [1.82, 2.24) is 0 Å². The predicted molar refractivity (Wildman–Crippen MR) is 187 cm³/mol. The van der Waals surface area contributed by atoms with Crippen LogP contribution in [0, 0.1) is 0 Å². The molecule has 1 heterocycles. The summed E-state index contributed by atoms with van der Waals surface area (Å²) >= 11 is 0. The molecule has 0 aliphatic carbocycles. The summed E-state index contributed by atoms with van der Waals surface area (Å²) in [5.41, 5.74) is 0.994. The van der Waals surface area contributed by atoms with Gasteiger partial charge in [0.15, 0.2) is 0 Å². The van der Waals surface area contributed by atoms with Gasteiger partial charge in [0.1, 0.15) is 13.1 Å². The van der Waals surface area contributed by atoms with Gasteiger partial charge in [-0.25, -0.2) is 8.42 Å². The van der Waals surface area contributed by atoms with Crippen molar-refractivity contribution < 1.29 is 31.2 Å². The van der Waals surface area contributed by atoms with E-state index in [1.54, 1.807) is 6.92 Å². The molecular formula is C36H68N2O6S. The molecule has 264 valence electrons. The molecule has 0 atom stereocenters. The van der Waals surface area contributed by atoms with Crippen LogP contribution < -0.4 is 4.90 Å². The smallest absolute Gasteiger partial charge is 0.223 e. The van der Waals surface area contributed by atoms with Crippen molar-refractivity contribution >= 4 is 22.0 Å². The Balaban J connectivity index is 0.000000771. The third-order valence-corrected chi connectivity index (χ3v) is 9.05. The zero-order chi connectivity index (χ0) is 33.7. The number of hydrogen-bond acceptors (Lipinski definition) is 6. The quantitative estimate of drug-likeness (QED) is 0.0536. The predicted octanol–water partition coefficient (Wildman–Crippen LogP) is 8.66. The number of unbranched alkanes of at least 4 members (excludes halogenated alkanes) is 14. The van der Waals surface area contributed by atoms with Crippen LogP contribution >= 0.6 is 0 Å². The number of likely N-dealkylation sites (N-methyl/N-ethyl adjacent to an activating group) is 1. The van der Waals surface area contributed by atoms with Gasteiger partial charge >= 0.3 is 0 Å². The molecule has 0 unspecified atom stereocenters. The molecular weight excluding hydrogens is 588 g/mol. The van der Waals surface area contributed by atoms with E-state index >= 15 is 0 Å². The van der Waals surface area contributed by atoms with Gasteiger partial charge in [-0.2, -0.15) is 0 Å². The minimum absolute atomic E-state index is 0.0914. The lowest BCUT2D eigenvalue weighted by Gasteiger charge is -2.40. The molecule has 0 bridgehead atoms. The van der Waals surface area contributed by atoms with Crippen LogP contribution in [0.3, 0.4) is 0 Å². The number of para-hydroxylation sites is 1. The Morgan fingerprint density at radius 3 is 1.62 bits per heavy atom. The average molecular weight is 657 g/mol. The van der Waals surface area contributed by atoms with E-state index in [0.717, 1.165) is 38.3 Å². The fraction of sp³-hybridized carbons (Fsp3) is 0.806. The van der Waals surface area contributed by atoms with Gasteiger partial charge in [-0.3, -0.25) is 8.98 Å². The molecule has 0 N–H and O–H groups in total. The van der Waals surface area contributed by atoms with Gasteiger partial charge in [0.2, 0.25) is 16.3 Å². The highest BCUT2D eigenvalue weighted by Gasteiger charge is 2.27. The summed E-state index contributed by atoms with van der Waals surface area (Å²) in [7, 11) is -4.42. The van der Waals surface area contributed by atoms with Gasteiger partial charge < -0.3 is 18.7 Å². The van der Waals surface area contributed by atoms with Crippen molar-refractivity contribution in [1.29, 1.82) is 0 Å². The highest BCUT2D eigenvalue weighted by molar-refractivity contribution is 7.80. The topological polar surface area (TPSA) is 96.0 Å².